The van der Waals surface area contributed by atoms with Crippen molar-refractivity contribution in [2.75, 3.05) is 19.7 Å². The standard InChI is InChI=1S/C23H27F3N6O4/c1-2-3-6-11-36-19-12-15(20(33)28-14-23(24,25)26)8-9-18(19)32-13-17(30-31-32)22(35)29-16-7-4-5-10-27-21(16)34/h2,8-9,12-13,16H,1,3-7,10-11,14H2,(H,27,34)(H,28,33)(H,29,35). The molecule has 1 aromatic heterocycles. The third-order valence-corrected chi connectivity index (χ3v) is 5.30. The van der Waals surface area contributed by atoms with Crippen molar-refractivity contribution in [3.63, 3.8) is 0 Å². The average molecular weight is 509 g/mol. The summed E-state index contributed by atoms with van der Waals surface area (Å²) in [7, 11) is 0. The Morgan fingerprint density at radius 2 is 2.08 bits per heavy atom. The number of hydrogen-bond donors (Lipinski definition) is 3. The summed E-state index contributed by atoms with van der Waals surface area (Å²) in [6.45, 7) is 2.96. The fourth-order valence-electron chi connectivity index (χ4n) is 3.45. The zero-order valence-electron chi connectivity index (χ0n) is 19.4. The van der Waals surface area contributed by atoms with E-state index in [0.717, 1.165) is 12.8 Å². The summed E-state index contributed by atoms with van der Waals surface area (Å²) in [4.78, 5) is 37.0. The predicted molar refractivity (Wildman–Crippen MR) is 123 cm³/mol. The van der Waals surface area contributed by atoms with Gasteiger partial charge in [0.15, 0.2) is 5.69 Å². The van der Waals surface area contributed by atoms with Gasteiger partial charge < -0.3 is 20.7 Å². The van der Waals surface area contributed by atoms with E-state index in [-0.39, 0.29) is 29.5 Å². The van der Waals surface area contributed by atoms with E-state index in [1.165, 1.54) is 29.1 Å². The van der Waals surface area contributed by atoms with Crippen LogP contribution in [0.1, 0.15) is 53.0 Å². The van der Waals surface area contributed by atoms with Crippen molar-refractivity contribution in [3.8, 4) is 11.4 Å². The second-order valence-corrected chi connectivity index (χ2v) is 8.12. The summed E-state index contributed by atoms with van der Waals surface area (Å²) in [6, 6.07) is 3.37. The predicted octanol–water partition coefficient (Wildman–Crippen LogP) is 2.30. The van der Waals surface area contributed by atoms with Crippen LogP contribution in [0, 0.1) is 0 Å². The summed E-state index contributed by atoms with van der Waals surface area (Å²) in [6.07, 6.45) is 1.90. The van der Waals surface area contributed by atoms with Crippen LogP contribution in [0.25, 0.3) is 5.69 Å². The molecule has 3 amide bonds. The van der Waals surface area contributed by atoms with Crippen molar-refractivity contribution in [3.05, 3.63) is 48.3 Å². The fraction of sp³-hybridized carbons (Fsp3) is 0.435. The maximum absolute atomic E-state index is 12.6. The molecule has 0 spiro atoms. The highest BCUT2D eigenvalue weighted by Crippen LogP contribution is 2.25. The lowest BCUT2D eigenvalue weighted by Crippen LogP contribution is -2.45. The van der Waals surface area contributed by atoms with Crippen molar-refractivity contribution < 1.29 is 32.3 Å². The first-order valence-electron chi connectivity index (χ1n) is 11.4. The topological polar surface area (TPSA) is 127 Å². The lowest BCUT2D eigenvalue weighted by molar-refractivity contribution is -0.123. The van der Waals surface area contributed by atoms with Crippen LogP contribution >= 0.6 is 0 Å². The molecule has 1 saturated heterocycles. The molecule has 2 aromatic rings. The average Bonchev–Trinajstić information content (AvgIpc) is 3.25. The van der Waals surface area contributed by atoms with Gasteiger partial charge in [-0.3, -0.25) is 14.4 Å². The van der Waals surface area contributed by atoms with E-state index in [9.17, 15) is 27.6 Å². The van der Waals surface area contributed by atoms with Crippen LogP contribution in [0.15, 0.2) is 37.1 Å². The molecule has 3 N–H and O–H groups in total. The molecule has 0 aliphatic carbocycles. The number of nitrogens with one attached hydrogen (secondary N) is 3. The zero-order valence-corrected chi connectivity index (χ0v) is 19.4. The number of hydrogen-bond acceptors (Lipinski definition) is 6. The Kier molecular flexibility index (Phi) is 9.03. The number of unbranched alkanes of at least 4 members (excludes halogenated alkanes) is 1. The lowest BCUT2D eigenvalue weighted by Gasteiger charge is -2.14. The van der Waals surface area contributed by atoms with Gasteiger partial charge in [0.25, 0.3) is 11.8 Å². The molecular weight excluding hydrogens is 481 g/mol. The molecule has 1 unspecified atom stereocenters. The monoisotopic (exact) mass is 508 g/mol. The van der Waals surface area contributed by atoms with Gasteiger partial charge in [-0.15, -0.1) is 11.7 Å². The Morgan fingerprint density at radius 3 is 2.83 bits per heavy atom. The minimum Gasteiger partial charge on any atom is -0.491 e. The molecule has 36 heavy (non-hydrogen) atoms. The molecule has 0 saturated carbocycles. The van der Waals surface area contributed by atoms with E-state index >= 15 is 0 Å². The smallest absolute Gasteiger partial charge is 0.405 e. The van der Waals surface area contributed by atoms with Crippen LogP contribution < -0.4 is 20.7 Å². The number of ether oxygens (including phenoxy) is 1. The highest BCUT2D eigenvalue weighted by molar-refractivity contribution is 5.96. The van der Waals surface area contributed by atoms with Gasteiger partial charge in [-0.1, -0.05) is 11.3 Å². The van der Waals surface area contributed by atoms with Gasteiger partial charge >= 0.3 is 6.18 Å². The molecule has 3 rings (SSSR count). The molecular formula is C23H27F3N6O4. The van der Waals surface area contributed by atoms with E-state index in [1.807, 2.05) is 5.32 Å². The summed E-state index contributed by atoms with van der Waals surface area (Å²) < 4.78 is 44.4. The highest BCUT2D eigenvalue weighted by atomic mass is 19.4. The number of nitrogens with zero attached hydrogens (tertiary/aromatic N) is 3. The maximum Gasteiger partial charge on any atom is 0.405 e. The van der Waals surface area contributed by atoms with Crippen LogP contribution in [0.2, 0.25) is 0 Å². The van der Waals surface area contributed by atoms with Gasteiger partial charge in [-0.2, -0.15) is 13.2 Å². The molecule has 1 aliphatic rings. The van der Waals surface area contributed by atoms with Gasteiger partial charge in [-0.05, 0) is 50.3 Å². The van der Waals surface area contributed by atoms with Gasteiger partial charge in [-0.25, -0.2) is 4.68 Å². The van der Waals surface area contributed by atoms with E-state index < -0.39 is 30.6 Å². The number of aromatic nitrogens is 3. The number of benzene rings is 1. The zero-order chi connectivity index (χ0) is 26.1. The Morgan fingerprint density at radius 1 is 1.28 bits per heavy atom. The molecule has 1 atom stereocenters. The largest absolute Gasteiger partial charge is 0.491 e. The van der Waals surface area contributed by atoms with Gasteiger partial charge in [0.1, 0.15) is 24.0 Å². The van der Waals surface area contributed by atoms with E-state index in [0.29, 0.717) is 31.5 Å². The number of amides is 3. The normalized spacial score (nSPS) is 16.0. The Balaban J connectivity index is 1.79. The number of halogens is 3. The lowest BCUT2D eigenvalue weighted by atomic mass is 10.1. The second-order valence-electron chi connectivity index (χ2n) is 8.12. The molecule has 0 bridgehead atoms. The Bertz CT molecular complexity index is 1100. The van der Waals surface area contributed by atoms with Gasteiger partial charge in [0.05, 0.1) is 12.8 Å². The quantitative estimate of drug-likeness (QED) is 0.334. The summed E-state index contributed by atoms with van der Waals surface area (Å²) in [5.74, 6) is -1.60. The third kappa shape index (κ3) is 7.55. The molecule has 194 valence electrons. The fourth-order valence-corrected chi connectivity index (χ4v) is 3.45. The number of rotatable bonds is 10. The third-order valence-electron chi connectivity index (χ3n) is 5.30. The molecule has 1 aromatic carbocycles. The van der Waals surface area contributed by atoms with Crippen molar-refractivity contribution >= 4 is 17.7 Å². The van der Waals surface area contributed by atoms with E-state index in [1.54, 1.807) is 6.08 Å². The minimum atomic E-state index is -4.55. The van der Waals surface area contributed by atoms with Crippen LogP contribution in [0.5, 0.6) is 5.75 Å². The molecule has 1 aliphatic heterocycles. The van der Waals surface area contributed by atoms with Gasteiger partial charge in [0, 0.05) is 12.1 Å². The first-order chi connectivity index (χ1) is 17.2. The molecule has 1 fully saturated rings. The molecule has 10 nitrogen and oxygen atoms in total. The van der Waals surface area contributed by atoms with E-state index in [2.05, 4.69) is 27.5 Å². The van der Waals surface area contributed by atoms with Crippen LogP contribution in [-0.4, -0.2) is 64.6 Å². The van der Waals surface area contributed by atoms with Crippen LogP contribution in [0.4, 0.5) is 13.2 Å². The first-order valence-corrected chi connectivity index (χ1v) is 11.4. The molecule has 2 heterocycles. The highest BCUT2D eigenvalue weighted by Gasteiger charge is 2.28. The number of carbonyl (C=O) groups is 3. The number of alkyl halides is 3. The Labute approximate surface area is 205 Å². The number of carbonyl (C=O) groups excluding carboxylic acids is 3. The second kappa shape index (κ2) is 12.2. The van der Waals surface area contributed by atoms with Crippen molar-refractivity contribution in [1.82, 2.24) is 30.9 Å². The van der Waals surface area contributed by atoms with Crippen LogP contribution in [-0.2, 0) is 4.79 Å². The van der Waals surface area contributed by atoms with E-state index in [4.69, 9.17) is 4.74 Å². The Hall–Kier alpha value is -3.90. The molecule has 13 heteroatoms. The summed E-state index contributed by atoms with van der Waals surface area (Å²) >= 11 is 0. The maximum atomic E-state index is 12.6. The minimum absolute atomic E-state index is 0.0424. The summed E-state index contributed by atoms with van der Waals surface area (Å²) in [5.41, 5.74) is 0.232. The summed E-state index contributed by atoms with van der Waals surface area (Å²) in [5, 5.41) is 15.0. The van der Waals surface area contributed by atoms with Crippen molar-refractivity contribution in [2.45, 2.75) is 44.3 Å². The first kappa shape index (κ1) is 26.7. The van der Waals surface area contributed by atoms with Crippen LogP contribution in [0.3, 0.4) is 0 Å². The SMILES string of the molecule is C=CCCCOc1cc(C(=O)NCC(F)(F)F)ccc1-n1cc(C(=O)NC2CCCCNC2=O)nn1. The van der Waals surface area contributed by atoms with Crippen molar-refractivity contribution in [2.24, 2.45) is 0 Å². The molecule has 0 radical (unpaired) electrons. The number of allylic oxidation sites excluding steroid dienone is 1. The van der Waals surface area contributed by atoms with Crippen molar-refractivity contribution in [1.29, 1.82) is 0 Å². The van der Waals surface area contributed by atoms with Gasteiger partial charge in [0.2, 0.25) is 5.91 Å².